The van der Waals surface area contributed by atoms with E-state index in [1.807, 2.05) is 49.4 Å². The number of nitrogens with zero attached hydrogens (tertiary/aromatic N) is 1. The van der Waals surface area contributed by atoms with E-state index in [1.165, 1.54) is 12.2 Å². The van der Waals surface area contributed by atoms with Crippen LogP contribution in [0.3, 0.4) is 0 Å². The van der Waals surface area contributed by atoms with E-state index >= 15 is 0 Å². The maximum atomic E-state index is 12.3. The Kier molecular flexibility index (Phi) is 3.75. The van der Waals surface area contributed by atoms with E-state index in [2.05, 4.69) is 0 Å². The average molecular weight is 241 g/mol. The molecule has 2 aromatic carbocycles. The molecule has 1 amide bonds. The molecule has 0 atom stereocenters. The minimum Gasteiger partial charge on any atom is -0.269 e. The van der Waals surface area contributed by atoms with Crippen molar-refractivity contribution in [3.8, 4) is 0 Å². The number of amides is 1. The summed E-state index contributed by atoms with van der Waals surface area (Å²) in [6.07, 6.45) is 0. The normalized spacial score (nSPS) is 10.1. The highest BCUT2D eigenvalue weighted by Crippen LogP contribution is 2.18. The monoisotopic (exact) mass is 241 g/mol. The van der Waals surface area contributed by atoms with Crippen molar-refractivity contribution in [1.82, 2.24) is 0 Å². The van der Waals surface area contributed by atoms with Crippen molar-refractivity contribution >= 4 is 11.6 Å². The second-order valence-electron chi connectivity index (χ2n) is 3.98. The Morgan fingerprint density at radius 2 is 1.61 bits per heavy atom. The lowest BCUT2D eigenvalue weighted by Crippen LogP contribution is -2.29. The van der Waals surface area contributed by atoms with Crippen LogP contribution in [0.15, 0.2) is 54.6 Å². The first-order valence-electron chi connectivity index (χ1n) is 5.72. The molecule has 0 heterocycles. The molecule has 92 valence electrons. The highest BCUT2D eigenvalue weighted by molar-refractivity contribution is 6.04. The zero-order chi connectivity index (χ0) is 13.0. The zero-order valence-electron chi connectivity index (χ0n) is 10.5. The van der Waals surface area contributed by atoms with Crippen LogP contribution >= 0.6 is 0 Å². The second kappa shape index (κ2) is 5.47. The largest absolute Gasteiger partial charge is 0.282 e. The van der Waals surface area contributed by atoms with Gasteiger partial charge in [-0.05, 0) is 31.2 Å². The Hall–Kier alpha value is -2.13. The zero-order valence-corrected chi connectivity index (χ0v) is 10.5. The van der Waals surface area contributed by atoms with E-state index in [1.54, 1.807) is 12.1 Å². The molecule has 0 bridgehead atoms. The molecule has 3 nitrogen and oxygen atoms in total. The molecule has 3 heteroatoms. The number of anilines is 1. The van der Waals surface area contributed by atoms with E-state index in [0.29, 0.717) is 5.56 Å². The third-order valence-electron chi connectivity index (χ3n) is 2.66. The molecule has 0 saturated carbocycles. The lowest BCUT2D eigenvalue weighted by atomic mass is 10.2. The summed E-state index contributed by atoms with van der Waals surface area (Å²) >= 11 is 0. The maximum Gasteiger partial charge on any atom is 0.282 e. The van der Waals surface area contributed by atoms with Crippen molar-refractivity contribution in [1.29, 1.82) is 0 Å². The molecule has 0 aliphatic carbocycles. The summed E-state index contributed by atoms with van der Waals surface area (Å²) in [6.45, 7) is 2.00. The van der Waals surface area contributed by atoms with Crippen molar-refractivity contribution in [2.45, 2.75) is 6.92 Å². The third-order valence-corrected chi connectivity index (χ3v) is 2.66. The Morgan fingerprint density at radius 3 is 2.17 bits per heavy atom. The predicted octanol–water partition coefficient (Wildman–Crippen LogP) is 3.20. The number of hydrogen-bond acceptors (Lipinski definition) is 2. The number of hydrogen-bond donors (Lipinski definition) is 0. The van der Waals surface area contributed by atoms with Gasteiger partial charge in [0.2, 0.25) is 0 Å². The predicted molar refractivity (Wildman–Crippen MR) is 71.4 cm³/mol. The van der Waals surface area contributed by atoms with Gasteiger partial charge in [-0.2, -0.15) is 5.06 Å². The molecule has 0 unspecified atom stereocenters. The summed E-state index contributed by atoms with van der Waals surface area (Å²) in [7, 11) is 1.49. The maximum absolute atomic E-state index is 12.3. The first-order valence-corrected chi connectivity index (χ1v) is 5.72. The van der Waals surface area contributed by atoms with Gasteiger partial charge in [-0.1, -0.05) is 35.9 Å². The van der Waals surface area contributed by atoms with Crippen molar-refractivity contribution in [2.24, 2.45) is 0 Å². The van der Waals surface area contributed by atoms with Crippen LogP contribution in [0.1, 0.15) is 15.9 Å². The molecule has 2 aromatic rings. The molecular formula is C15H15NO2. The van der Waals surface area contributed by atoms with Gasteiger partial charge >= 0.3 is 0 Å². The molecule has 2 rings (SSSR count). The van der Waals surface area contributed by atoms with Crippen LogP contribution in [0, 0.1) is 6.92 Å². The lowest BCUT2D eigenvalue weighted by Gasteiger charge is -2.19. The van der Waals surface area contributed by atoms with Gasteiger partial charge in [0.05, 0.1) is 12.8 Å². The Labute approximate surface area is 107 Å². The van der Waals surface area contributed by atoms with Crippen LogP contribution in [0.4, 0.5) is 5.69 Å². The van der Waals surface area contributed by atoms with Crippen LogP contribution in [-0.4, -0.2) is 13.0 Å². The summed E-state index contributed by atoms with van der Waals surface area (Å²) in [5, 5.41) is 1.29. The highest BCUT2D eigenvalue weighted by atomic mass is 16.7. The molecule has 0 aliphatic rings. The summed E-state index contributed by atoms with van der Waals surface area (Å²) in [5.41, 5.74) is 2.46. The molecule has 0 fully saturated rings. The SMILES string of the molecule is CON(C(=O)c1ccccc1)c1ccc(C)cc1. The van der Waals surface area contributed by atoms with E-state index in [-0.39, 0.29) is 5.91 Å². The van der Waals surface area contributed by atoms with Gasteiger partial charge < -0.3 is 0 Å². The number of aryl methyl sites for hydroxylation is 1. The summed E-state index contributed by atoms with van der Waals surface area (Å²) in [5.74, 6) is -0.179. The molecule has 18 heavy (non-hydrogen) atoms. The van der Waals surface area contributed by atoms with Crippen LogP contribution in [0.25, 0.3) is 0 Å². The molecule has 0 N–H and O–H groups in total. The van der Waals surface area contributed by atoms with E-state index < -0.39 is 0 Å². The van der Waals surface area contributed by atoms with E-state index in [4.69, 9.17) is 4.84 Å². The van der Waals surface area contributed by atoms with Gasteiger partial charge in [0.1, 0.15) is 0 Å². The summed E-state index contributed by atoms with van der Waals surface area (Å²) < 4.78 is 0. The minimum absolute atomic E-state index is 0.179. The molecule has 0 aliphatic heterocycles. The summed E-state index contributed by atoms with van der Waals surface area (Å²) in [4.78, 5) is 17.4. The fourth-order valence-corrected chi connectivity index (χ4v) is 1.68. The number of benzene rings is 2. The summed E-state index contributed by atoms with van der Waals surface area (Å²) in [6, 6.07) is 16.7. The molecule has 0 spiro atoms. The fraction of sp³-hybridized carbons (Fsp3) is 0.133. The molecule has 0 saturated heterocycles. The Bertz CT molecular complexity index is 520. The Balaban J connectivity index is 2.29. The second-order valence-corrected chi connectivity index (χ2v) is 3.98. The van der Waals surface area contributed by atoms with Gasteiger partial charge in [0.25, 0.3) is 5.91 Å². The topological polar surface area (TPSA) is 29.5 Å². The van der Waals surface area contributed by atoms with Crippen LogP contribution < -0.4 is 5.06 Å². The van der Waals surface area contributed by atoms with Gasteiger partial charge in [-0.3, -0.25) is 9.63 Å². The number of rotatable bonds is 3. The molecular weight excluding hydrogens is 226 g/mol. The lowest BCUT2D eigenvalue weighted by molar-refractivity contribution is 0.0773. The molecule has 0 radical (unpaired) electrons. The van der Waals surface area contributed by atoms with Gasteiger partial charge in [-0.15, -0.1) is 0 Å². The highest BCUT2D eigenvalue weighted by Gasteiger charge is 2.16. The minimum atomic E-state index is -0.179. The van der Waals surface area contributed by atoms with Crippen molar-refractivity contribution < 1.29 is 9.63 Å². The van der Waals surface area contributed by atoms with Crippen LogP contribution in [-0.2, 0) is 4.84 Å². The van der Waals surface area contributed by atoms with Gasteiger partial charge in [-0.25, -0.2) is 0 Å². The fourth-order valence-electron chi connectivity index (χ4n) is 1.68. The van der Waals surface area contributed by atoms with Gasteiger partial charge in [0, 0.05) is 5.56 Å². The van der Waals surface area contributed by atoms with E-state index in [9.17, 15) is 4.79 Å². The van der Waals surface area contributed by atoms with Crippen molar-refractivity contribution in [3.63, 3.8) is 0 Å². The van der Waals surface area contributed by atoms with Crippen molar-refractivity contribution in [3.05, 3.63) is 65.7 Å². The quantitative estimate of drug-likeness (QED) is 0.772. The third kappa shape index (κ3) is 2.57. The van der Waals surface area contributed by atoms with Crippen molar-refractivity contribution in [2.75, 3.05) is 12.2 Å². The van der Waals surface area contributed by atoms with Crippen LogP contribution in [0.5, 0.6) is 0 Å². The standard InChI is InChI=1S/C15H15NO2/c1-12-8-10-14(11-9-12)16(18-2)15(17)13-6-4-3-5-7-13/h3-11H,1-2H3. The molecule has 0 aromatic heterocycles. The Morgan fingerprint density at radius 1 is 1.00 bits per heavy atom. The number of hydroxylamine groups is 1. The first-order chi connectivity index (χ1) is 8.72. The number of carbonyl (C=O) groups excluding carboxylic acids is 1. The van der Waals surface area contributed by atoms with Crippen LogP contribution in [0.2, 0.25) is 0 Å². The first kappa shape index (κ1) is 12.3. The smallest absolute Gasteiger partial charge is 0.269 e. The average Bonchev–Trinajstić information content (AvgIpc) is 2.42. The van der Waals surface area contributed by atoms with E-state index in [0.717, 1.165) is 11.3 Å². The van der Waals surface area contributed by atoms with Gasteiger partial charge in [0.15, 0.2) is 0 Å². The number of carbonyl (C=O) groups is 1.